The van der Waals surface area contributed by atoms with E-state index in [-0.39, 0.29) is 0 Å². The summed E-state index contributed by atoms with van der Waals surface area (Å²) in [5.41, 5.74) is 1.97. The minimum atomic E-state index is 0.848. The molecule has 0 fully saturated rings. The van der Waals surface area contributed by atoms with Crippen molar-refractivity contribution >= 4 is 11.1 Å². The molecule has 0 atom stereocenters. The molecule has 2 nitrogen and oxygen atoms in total. The first-order valence-corrected chi connectivity index (χ1v) is 3.24. The number of benzene rings is 1. The van der Waals surface area contributed by atoms with E-state index < -0.39 is 0 Å². The fourth-order valence-electron chi connectivity index (χ4n) is 1.04. The maximum absolute atomic E-state index is 5.31. The fourth-order valence-corrected chi connectivity index (χ4v) is 1.04. The smallest absolute Gasteiger partial charge is 0.343 e. The molecule has 0 unspecified atom stereocenters. The highest BCUT2D eigenvalue weighted by molar-refractivity contribution is 5.67. The molecule has 2 aromatic rings. The molecule has 1 N–H and O–H groups in total. The zero-order chi connectivity index (χ0) is 6.97. The van der Waals surface area contributed by atoms with Crippen LogP contribution in [0.4, 0.5) is 0 Å². The lowest BCUT2D eigenvalue weighted by Gasteiger charge is -1.74. The third-order valence-corrected chi connectivity index (χ3v) is 1.46. The summed E-state index contributed by atoms with van der Waals surface area (Å²) in [5.74, 6) is 0.848. The molecule has 0 saturated heterocycles. The van der Waals surface area contributed by atoms with E-state index >= 15 is 0 Å². The van der Waals surface area contributed by atoms with Gasteiger partial charge in [0.05, 0.1) is 6.92 Å². The highest BCUT2D eigenvalue weighted by Crippen LogP contribution is 2.08. The standard InChI is InChI=1S/C8H7NO/c1-6-9-7-4-2-3-5-8(7)10-6/h2-5H,1H3/p+1. The van der Waals surface area contributed by atoms with E-state index in [1.54, 1.807) is 0 Å². The monoisotopic (exact) mass is 134 g/mol. The van der Waals surface area contributed by atoms with Gasteiger partial charge in [-0.2, -0.15) is 4.98 Å². The van der Waals surface area contributed by atoms with Crippen LogP contribution in [-0.4, -0.2) is 0 Å². The highest BCUT2D eigenvalue weighted by atomic mass is 16.3. The Morgan fingerprint density at radius 1 is 1.30 bits per heavy atom. The second kappa shape index (κ2) is 1.84. The molecule has 2 heteroatoms. The van der Waals surface area contributed by atoms with Gasteiger partial charge in [-0.15, -0.1) is 0 Å². The van der Waals surface area contributed by atoms with Crippen LogP contribution in [0, 0.1) is 6.92 Å². The summed E-state index contributed by atoms with van der Waals surface area (Å²) in [7, 11) is 0. The maximum atomic E-state index is 5.31. The molecule has 0 amide bonds. The number of fused-ring (bicyclic) bond motifs is 1. The minimum absolute atomic E-state index is 0.848. The molecule has 0 aliphatic carbocycles. The van der Waals surface area contributed by atoms with Crippen molar-refractivity contribution in [3.8, 4) is 0 Å². The average Bonchev–Trinajstić information content (AvgIpc) is 2.27. The zero-order valence-corrected chi connectivity index (χ0v) is 5.72. The SMILES string of the molecule is Cc1[nH+]c2ccccc2o1. The number of aromatic amines is 1. The van der Waals surface area contributed by atoms with Crippen LogP contribution < -0.4 is 4.98 Å². The minimum Gasteiger partial charge on any atom is -0.402 e. The van der Waals surface area contributed by atoms with Gasteiger partial charge in [-0.25, -0.2) is 0 Å². The molecule has 0 radical (unpaired) electrons. The predicted molar refractivity (Wildman–Crippen MR) is 37.5 cm³/mol. The molecule has 0 spiro atoms. The van der Waals surface area contributed by atoms with Crippen molar-refractivity contribution < 1.29 is 9.40 Å². The van der Waals surface area contributed by atoms with Crippen molar-refractivity contribution in [1.82, 2.24) is 0 Å². The van der Waals surface area contributed by atoms with Crippen LogP contribution in [0.25, 0.3) is 11.1 Å². The molecule has 1 aromatic carbocycles. The van der Waals surface area contributed by atoms with Crippen molar-refractivity contribution in [2.45, 2.75) is 6.92 Å². The van der Waals surface area contributed by atoms with Crippen molar-refractivity contribution in [1.29, 1.82) is 0 Å². The molecular formula is C8H8NO+. The predicted octanol–water partition coefficient (Wildman–Crippen LogP) is 1.56. The normalized spacial score (nSPS) is 10.5. The second-order valence-corrected chi connectivity index (χ2v) is 2.28. The topological polar surface area (TPSA) is 27.3 Å². The Morgan fingerprint density at radius 2 is 2.10 bits per heavy atom. The van der Waals surface area contributed by atoms with Crippen LogP contribution in [0.5, 0.6) is 0 Å². The molecular weight excluding hydrogens is 126 g/mol. The summed E-state index contributed by atoms with van der Waals surface area (Å²) in [6.07, 6.45) is 0. The van der Waals surface area contributed by atoms with Gasteiger partial charge >= 0.3 is 5.89 Å². The Morgan fingerprint density at radius 3 is 2.90 bits per heavy atom. The molecule has 0 aliphatic heterocycles. The Hall–Kier alpha value is -1.31. The Labute approximate surface area is 58.5 Å². The van der Waals surface area contributed by atoms with Gasteiger partial charge < -0.3 is 4.42 Å². The molecule has 1 heterocycles. The quantitative estimate of drug-likeness (QED) is 0.537. The van der Waals surface area contributed by atoms with Gasteiger partial charge in [0.25, 0.3) is 0 Å². The number of oxazole rings is 1. The first kappa shape index (κ1) is 5.47. The first-order chi connectivity index (χ1) is 4.86. The number of nitrogens with one attached hydrogen (secondary N) is 1. The van der Waals surface area contributed by atoms with E-state index in [2.05, 4.69) is 4.98 Å². The molecule has 1 aromatic heterocycles. The summed E-state index contributed by atoms with van der Waals surface area (Å²) >= 11 is 0. The number of H-pyrrole nitrogens is 1. The Bertz CT molecular complexity index is 318. The zero-order valence-electron chi connectivity index (χ0n) is 5.72. The van der Waals surface area contributed by atoms with Gasteiger partial charge in [0.15, 0.2) is 0 Å². The van der Waals surface area contributed by atoms with Crippen molar-refractivity contribution in [2.24, 2.45) is 0 Å². The molecule has 50 valence electrons. The van der Waals surface area contributed by atoms with Crippen LogP contribution in [0.15, 0.2) is 28.7 Å². The van der Waals surface area contributed by atoms with Gasteiger partial charge in [-0.1, -0.05) is 12.1 Å². The molecule has 10 heavy (non-hydrogen) atoms. The maximum Gasteiger partial charge on any atom is 0.343 e. The van der Waals surface area contributed by atoms with Gasteiger partial charge in [0.1, 0.15) is 0 Å². The molecule has 0 bridgehead atoms. The van der Waals surface area contributed by atoms with E-state index in [1.165, 1.54) is 0 Å². The lowest BCUT2D eigenvalue weighted by atomic mass is 10.3. The number of hydrogen-bond donors (Lipinski definition) is 0. The van der Waals surface area contributed by atoms with Crippen molar-refractivity contribution in [3.63, 3.8) is 0 Å². The van der Waals surface area contributed by atoms with Crippen LogP contribution >= 0.6 is 0 Å². The molecule has 0 saturated carbocycles. The summed E-state index contributed by atoms with van der Waals surface area (Å²) in [6.45, 7) is 1.90. The van der Waals surface area contributed by atoms with Crippen molar-refractivity contribution in [3.05, 3.63) is 30.2 Å². The average molecular weight is 134 g/mol. The van der Waals surface area contributed by atoms with E-state index in [9.17, 15) is 0 Å². The van der Waals surface area contributed by atoms with Gasteiger partial charge in [-0.3, -0.25) is 0 Å². The number of para-hydroxylation sites is 2. The molecule has 2 rings (SSSR count). The van der Waals surface area contributed by atoms with Crippen LogP contribution in [-0.2, 0) is 0 Å². The Balaban J connectivity index is 2.88. The largest absolute Gasteiger partial charge is 0.402 e. The number of rotatable bonds is 0. The summed E-state index contributed by atoms with van der Waals surface area (Å²) in [4.78, 5) is 3.09. The molecule has 0 aliphatic rings. The van der Waals surface area contributed by atoms with Gasteiger partial charge in [0, 0.05) is 6.07 Å². The summed E-state index contributed by atoms with van der Waals surface area (Å²) in [5, 5.41) is 0. The van der Waals surface area contributed by atoms with E-state index in [4.69, 9.17) is 4.42 Å². The van der Waals surface area contributed by atoms with Gasteiger partial charge in [-0.05, 0) is 6.07 Å². The lowest BCUT2D eigenvalue weighted by molar-refractivity contribution is -0.365. The van der Waals surface area contributed by atoms with Crippen LogP contribution in [0.3, 0.4) is 0 Å². The number of aryl methyl sites for hydroxylation is 1. The van der Waals surface area contributed by atoms with E-state index in [1.807, 2.05) is 31.2 Å². The number of hydrogen-bond acceptors (Lipinski definition) is 1. The van der Waals surface area contributed by atoms with Crippen LogP contribution in [0.1, 0.15) is 5.89 Å². The van der Waals surface area contributed by atoms with E-state index in [0.29, 0.717) is 0 Å². The van der Waals surface area contributed by atoms with Crippen LogP contribution in [0.2, 0.25) is 0 Å². The summed E-state index contributed by atoms with van der Waals surface area (Å²) in [6, 6.07) is 7.87. The fraction of sp³-hybridized carbons (Fsp3) is 0.125. The number of aromatic nitrogens is 1. The third kappa shape index (κ3) is 0.692. The van der Waals surface area contributed by atoms with Crippen molar-refractivity contribution in [2.75, 3.05) is 0 Å². The first-order valence-electron chi connectivity index (χ1n) is 3.24. The van der Waals surface area contributed by atoms with Gasteiger partial charge in [0.2, 0.25) is 11.1 Å². The highest BCUT2D eigenvalue weighted by Gasteiger charge is 2.04. The third-order valence-electron chi connectivity index (χ3n) is 1.46. The van der Waals surface area contributed by atoms with E-state index in [0.717, 1.165) is 17.0 Å². The summed E-state index contributed by atoms with van der Waals surface area (Å²) < 4.78 is 5.31. The lowest BCUT2D eigenvalue weighted by Crippen LogP contribution is -1.99. The Kier molecular flexibility index (Phi) is 1.01. The second-order valence-electron chi connectivity index (χ2n) is 2.28.